The number of likely N-dealkylation sites (tertiary alicyclic amines) is 1. The Morgan fingerprint density at radius 3 is 2.44 bits per heavy atom. The van der Waals surface area contributed by atoms with Gasteiger partial charge < -0.3 is 4.52 Å². The summed E-state index contributed by atoms with van der Waals surface area (Å²) in [6, 6.07) is 6.17. The predicted octanol–water partition coefficient (Wildman–Crippen LogP) is 4.64. The normalized spacial score (nSPS) is 17.9. The fraction of sp³-hybridized carbons (Fsp3) is 0.591. The molecule has 0 radical (unpaired) electrons. The van der Waals surface area contributed by atoms with Gasteiger partial charge in [-0.2, -0.15) is 4.98 Å². The van der Waals surface area contributed by atoms with E-state index in [4.69, 9.17) is 4.52 Å². The van der Waals surface area contributed by atoms with Gasteiger partial charge in [0.15, 0.2) is 11.6 Å². The van der Waals surface area contributed by atoms with Crippen molar-refractivity contribution >= 4 is 5.78 Å². The third-order valence-corrected chi connectivity index (χ3v) is 5.57. The Hall–Kier alpha value is -2.01. The van der Waals surface area contributed by atoms with Crippen LogP contribution in [0.1, 0.15) is 79.8 Å². The maximum absolute atomic E-state index is 12.9. The standard InChI is InChI=1S/C22H31N3O2/c1-14-7-8-18(15(2)13-14)19(26)17-9-11-25(12-10-17)16(3)20-23-21(24-27-20)22(4,5)6/h7-8,13,16-17H,9-12H2,1-6H3/t16-/m0/s1. The quantitative estimate of drug-likeness (QED) is 0.735. The van der Waals surface area contributed by atoms with Crippen molar-refractivity contribution in [3.05, 3.63) is 46.6 Å². The number of hydrogen-bond donors (Lipinski definition) is 0. The van der Waals surface area contributed by atoms with E-state index in [1.165, 1.54) is 5.56 Å². The average Bonchev–Trinajstić information content (AvgIpc) is 3.11. The van der Waals surface area contributed by atoms with Crippen LogP contribution in [-0.2, 0) is 5.41 Å². The van der Waals surface area contributed by atoms with Crippen molar-refractivity contribution in [2.45, 2.75) is 65.8 Å². The van der Waals surface area contributed by atoms with E-state index in [2.05, 4.69) is 55.7 Å². The summed E-state index contributed by atoms with van der Waals surface area (Å²) in [4.78, 5) is 19.9. The second-order valence-electron chi connectivity index (χ2n) is 8.88. The second-order valence-corrected chi connectivity index (χ2v) is 8.88. The average molecular weight is 370 g/mol. The number of ketones is 1. The highest BCUT2D eigenvalue weighted by Crippen LogP contribution is 2.29. The van der Waals surface area contributed by atoms with Crippen molar-refractivity contribution in [2.75, 3.05) is 13.1 Å². The van der Waals surface area contributed by atoms with Crippen LogP contribution in [0.15, 0.2) is 22.7 Å². The molecule has 2 heterocycles. The van der Waals surface area contributed by atoms with E-state index in [1.807, 2.05) is 19.1 Å². The van der Waals surface area contributed by atoms with Crippen molar-refractivity contribution in [1.29, 1.82) is 0 Å². The fourth-order valence-electron chi connectivity index (χ4n) is 3.72. The number of nitrogens with zero attached hydrogens (tertiary/aromatic N) is 3. The lowest BCUT2D eigenvalue weighted by Crippen LogP contribution is -2.38. The number of benzene rings is 1. The molecule has 0 N–H and O–H groups in total. The number of aryl methyl sites for hydroxylation is 2. The smallest absolute Gasteiger partial charge is 0.243 e. The lowest BCUT2D eigenvalue weighted by Gasteiger charge is -2.34. The van der Waals surface area contributed by atoms with E-state index < -0.39 is 0 Å². The van der Waals surface area contributed by atoms with E-state index >= 15 is 0 Å². The van der Waals surface area contributed by atoms with Crippen molar-refractivity contribution in [2.24, 2.45) is 5.92 Å². The molecule has 1 saturated heterocycles. The summed E-state index contributed by atoms with van der Waals surface area (Å²) < 4.78 is 5.51. The minimum atomic E-state index is -0.118. The third kappa shape index (κ3) is 4.29. The molecular formula is C22H31N3O2. The molecule has 0 amide bonds. The zero-order valence-electron chi connectivity index (χ0n) is 17.4. The van der Waals surface area contributed by atoms with Gasteiger partial charge in [0.05, 0.1) is 6.04 Å². The minimum absolute atomic E-state index is 0.0748. The van der Waals surface area contributed by atoms with Crippen molar-refractivity contribution < 1.29 is 9.32 Å². The van der Waals surface area contributed by atoms with Crippen molar-refractivity contribution in [1.82, 2.24) is 15.0 Å². The molecule has 0 unspecified atom stereocenters. The Bertz CT molecular complexity index is 811. The molecule has 0 aliphatic carbocycles. The second kappa shape index (κ2) is 7.55. The first-order valence-electron chi connectivity index (χ1n) is 9.86. The van der Waals surface area contributed by atoms with Crippen LogP contribution < -0.4 is 0 Å². The highest BCUT2D eigenvalue weighted by Gasteiger charge is 2.31. The van der Waals surface area contributed by atoms with Gasteiger partial charge in [-0.05, 0) is 52.3 Å². The predicted molar refractivity (Wildman–Crippen MR) is 106 cm³/mol. The fourth-order valence-corrected chi connectivity index (χ4v) is 3.72. The molecule has 3 rings (SSSR count). The Labute approximate surface area is 162 Å². The van der Waals surface area contributed by atoms with Gasteiger partial charge in [0.2, 0.25) is 5.89 Å². The molecule has 1 aromatic heterocycles. The number of carbonyl (C=O) groups is 1. The van der Waals surface area contributed by atoms with Gasteiger partial charge >= 0.3 is 0 Å². The maximum atomic E-state index is 12.9. The first-order chi connectivity index (χ1) is 12.7. The van der Waals surface area contributed by atoms with Crippen LogP contribution in [0.4, 0.5) is 0 Å². The van der Waals surface area contributed by atoms with Gasteiger partial charge in [0.1, 0.15) is 0 Å². The zero-order valence-corrected chi connectivity index (χ0v) is 17.4. The van der Waals surface area contributed by atoms with Crippen LogP contribution in [0.5, 0.6) is 0 Å². The molecule has 1 fully saturated rings. The molecule has 1 atom stereocenters. The minimum Gasteiger partial charge on any atom is -0.338 e. The molecule has 1 aliphatic heterocycles. The van der Waals surface area contributed by atoms with Gasteiger partial charge in [0.25, 0.3) is 0 Å². The maximum Gasteiger partial charge on any atom is 0.243 e. The van der Waals surface area contributed by atoms with Gasteiger partial charge in [0, 0.05) is 16.9 Å². The summed E-state index contributed by atoms with van der Waals surface area (Å²) in [5, 5.41) is 4.14. The van der Waals surface area contributed by atoms with Gasteiger partial charge in [-0.3, -0.25) is 9.69 Å². The van der Waals surface area contributed by atoms with E-state index in [0.717, 1.165) is 42.9 Å². The number of piperidine rings is 1. The SMILES string of the molecule is Cc1ccc(C(=O)C2CCN([C@@H](C)c3nc(C(C)(C)C)no3)CC2)c(C)c1. The molecule has 1 aromatic carbocycles. The Balaban J connectivity index is 1.63. The number of aromatic nitrogens is 2. The van der Waals surface area contributed by atoms with E-state index in [9.17, 15) is 4.79 Å². The van der Waals surface area contributed by atoms with Crippen LogP contribution >= 0.6 is 0 Å². The van der Waals surface area contributed by atoms with Crippen molar-refractivity contribution in [3.63, 3.8) is 0 Å². The summed E-state index contributed by atoms with van der Waals surface area (Å²) in [5.41, 5.74) is 3.03. The largest absolute Gasteiger partial charge is 0.338 e. The lowest BCUT2D eigenvalue weighted by atomic mass is 9.86. The molecule has 5 nitrogen and oxygen atoms in total. The van der Waals surface area contributed by atoms with Crippen LogP contribution in [0.25, 0.3) is 0 Å². The molecule has 0 bridgehead atoms. The zero-order chi connectivity index (χ0) is 19.8. The monoisotopic (exact) mass is 369 g/mol. The Morgan fingerprint density at radius 2 is 1.89 bits per heavy atom. The number of rotatable bonds is 4. The molecule has 27 heavy (non-hydrogen) atoms. The van der Waals surface area contributed by atoms with Crippen LogP contribution in [-0.4, -0.2) is 33.9 Å². The number of carbonyl (C=O) groups excluding carboxylic acids is 1. The molecule has 1 aliphatic rings. The highest BCUT2D eigenvalue weighted by molar-refractivity contribution is 5.99. The summed E-state index contributed by atoms with van der Waals surface area (Å²) in [5.74, 6) is 1.79. The summed E-state index contributed by atoms with van der Waals surface area (Å²) >= 11 is 0. The molecule has 5 heteroatoms. The number of Topliss-reactive ketones (excluding diaryl/α,β-unsaturated/α-hetero) is 1. The van der Waals surface area contributed by atoms with E-state index in [1.54, 1.807) is 0 Å². The first kappa shape index (κ1) is 19.7. The topological polar surface area (TPSA) is 59.2 Å². The molecule has 0 saturated carbocycles. The molecule has 2 aromatic rings. The van der Waals surface area contributed by atoms with E-state index in [0.29, 0.717) is 5.89 Å². The lowest BCUT2D eigenvalue weighted by molar-refractivity contribution is 0.0774. The molecule has 0 spiro atoms. The first-order valence-corrected chi connectivity index (χ1v) is 9.86. The Morgan fingerprint density at radius 1 is 1.22 bits per heavy atom. The molecule has 146 valence electrons. The van der Waals surface area contributed by atoms with E-state index in [-0.39, 0.29) is 23.2 Å². The van der Waals surface area contributed by atoms with Gasteiger partial charge in [-0.15, -0.1) is 0 Å². The van der Waals surface area contributed by atoms with Crippen LogP contribution in [0.2, 0.25) is 0 Å². The van der Waals surface area contributed by atoms with Gasteiger partial charge in [-0.25, -0.2) is 0 Å². The van der Waals surface area contributed by atoms with Crippen LogP contribution in [0.3, 0.4) is 0 Å². The number of hydrogen-bond acceptors (Lipinski definition) is 5. The summed E-state index contributed by atoms with van der Waals surface area (Å²) in [7, 11) is 0. The highest BCUT2D eigenvalue weighted by atomic mass is 16.5. The Kier molecular flexibility index (Phi) is 5.52. The summed E-state index contributed by atoms with van der Waals surface area (Å²) in [6.45, 7) is 14.2. The molecular weight excluding hydrogens is 338 g/mol. The van der Waals surface area contributed by atoms with Gasteiger partial charge in [-0.1, -0.05) is 49.7 Å². The third-order valence-electron chi connectivity index (χ3n) is 5.57. The van der Waals surface area contributed by atoms with Crippen LogP contribution in [0, 0.1) is 19.8 Å². The summed E-state index contributed by atoms with van der Waals surface area (Å²) in [6.07, 6.45) is 1.74. The van der Waals surface area contributed by atoms with Crippen molar-refractivity contribution in [3.8, 4) is 0 Å².